The third kappa shape index (κ3) is 5.36. The minimum absolute atomic E-state index is 0.0948. The lowest BCUT2D eigenvalue weighted by molar-refractivity contribution is -0.362. The molecule has 0 aromatic rings. The zero-order valence-electron chi connectivity index (χ0n) is 10.1. The molecule has 0 aromatic heterocycles. The number of halogens is 5. The Balaban J connectivity index is 2.49. The van der Waals surface area contributed by atoms with Gasteiger partial charge in [-0.05, 0) is 12.3 Å². The van der Waals surface area contributed by atoms with Crippen LogP contribution in [0.4, 0.5) is 22.0 Å². The van der Waals surface area contributed by atoms with E-state index in [1.165, 1.54) is 0 Å². The molecule has 1 rings (SSSR count). The van der Waals surface area contributed by atoms with Crippen LogP contribution >= 0.6 is 7.60 Å². The highest BCUT2D eigenvalue weighted by Crippen LogP contribution is 2.53. The van der Waals surface area contributed by atoms with Gasteiger partial charge in [0.25, 0.3) is 0 Å². The first-order valence-electron chi connectivity index (χ1n) is 6.01. The van der Waals surface area contributed by atoms with Crippen LogP contribution in [0.5, 0.6) is 0 Å². The number of rotatable bonds is 5. The molecule has 0 spiro atoms. The van der Waals surface area contributed by atoms with E-state index >= 15 is 0 Å². The third-order valence-electron chi connectivity index (χ3n) is 3.13. The van der Waals surface area contributed by atoms with Crippen molar-refractivity contribution in [2.75, 3.05) is 6.16 Å². The summed E-state index contributed by atoms with van der Waals surface area (Å²) in [5, 5.41) is 0. The van der Waals surface area contributed by atoms with Crippen LogP contribution in [0.15, 0.2) is 0 Å². The summed E-state index contributed by atoms with van der Waals surface area (Å²) in [6.07, 6.45) is -7.59. The third-order valence-corrected chi connectivity index (χ3v) is 4.47. The molecular formula is C10H16F5O3P. The van der Waals surface area contributed by atoms with Crippen LogP contribution in [0.1, 0.15) is 38.5 Å². The van der Waals surface area contributed by atoms with E-state index in [0.717, 1.165) is 32.1 Å². The smallest absolute Gasteiger partial charge is 0.324 e. The molecule has 1 aliphatic rings. The Kier molecular flexibility index (Phi) is 5.37. The molecule has 1 unspecified atom stereocenters. The maximum absolute atomic E-state index is 12.5. The second-order valence-corrected chi connectivity index (χ2v) is 6.66. The van der Waals surface area contributed by atoms with Gasteiger partial charge in [0, 0.05) is 0 Å². The Morgan fingerprint density at radius 3 is 2.11 bits per heavy atom. The lowest BCUT2D eigenvalue weighted by Gasteiger charge is -2.25. The van der Waals surface area contributed by atoms with Gasteiger partial charge in [0.05, 0.1) is 6.16 Å². The van der Waals surface area contributed by atoms with Crippen molar-refractivity contribution in [1.29, 1.82) is 0 Å². The topological polar surface area (TPSA) is 46.5 Å². The van der Waals surface area contributed by atoms with Crippen LogP contribution in [0.25, 0.3) is 0 Å². The van der Waals surface area contributed by atoms with E-state index in [1.54, 1.807) is 0 Å². The Hall–Kier alpha value is -0.200. The molecule has 0 saturated heterocycles. The molecule has 1 saturated carbocycles. The number of alkyl halides is 5. The fourth-order valence-electron chi connectivity index (χ4n) is 2.10. The van der Waals surface area contributed by atoms with E-state index in [1.807, 2.05) is 0 Å². The van der Waals surface area contributed by atoms with Gasteiger partial charge in [-0.2, -0.15) is 22.0 Å². The monoisotopic (exact) mass is 310 g/mol. The van der Waals surface area contributed by atoms with Crippen LogP contribution in [-0.2, 0) is 9.09 Å². The minimum Gasteiger partial charge on any atom is -0.324 e. The van der Waals surface area contributed by atoms with Gasteiger partial charge in [0.1, 0.15) is 0 Å². The number of hydrogen-bond acceptors (Lipinski definition) is 2. The van der Waals surface area contributed by atoms with Crippen molar-refractivity contribution in [3.8, 4) is 0 Å². The van der Waals surface area contributed by atoms with Gasteiger partial charge in [-0.3, -0.25) is 4.57 Å². The predicted molar refractivity (Wildman–Crippen MR) is 58.0 cm³/mol. The van der Waals surface area contributed by atoms with E-state index in [2.05, 4.69) is 4.52 Å². The largest absolute Gasteiger partial charge is 0.483 e. The second kappa shape index (κ2) is 6.06. The Labute approximate surface area is 107 Å². The van der Waals surface area contributed by atoms with Gasteiger partial charge in [-0.15, -0.1) is 0 Å². The molecule has 3 nitrogen and oxygen atoms in total. The van der Waals surface area contributed by atoms with E-state index in [0.29, 0.717) is 0 Å². The average Bonchev–Trinajstić information content (AvgIpc) is 2.25. The molecule has 1 atom stereocenters. The maximum atomic E-state index is 12.5. The van der Waals surface area contributed by atoms with Gasteiger partial charge in [0.15, 0.2) is 0 Å². The quantitative estimate of drug-likeness (QED) is 0.608. The molecule has 0 bridgehead atoms. The van der Waals surface area contributed by atoms with Crippen LogP contribution in [0, 0.1) is 5.92 Å². The molecule has 0 aromatic carbocycles. The molecule has 114 valence electrons. The second-order valence-electron chi connectivity index (χ2n) is 4.76. The fourth-order valence-corrected chi connectivity index (χ4v) is 3.34. The molecule has 0 amide bonds. The molecule has 0 heterocycles. The summed E-state index contributed by atoms with van der Waals surface area (Å²) in [4.78, 5) is 9.10. The lowest BCUT2D eigenvalue weighted by Crippen LogP contribution is -2.38. The summed E-state index contributed by atoms with van der Waals surface area (Å²) in [7, 11) is -4.95. The average molecular weight is 310 g/mol. The summed E-state index contributed by atoms with van der Waals surface area (Å²) in [6.45, 7) is 0. The molecule has 1 N–H and O–H groups in total. The Morgan fingerprint density at radius 1 is 1.11 bits per heavy atom. The van der Waals surface area contributed by atoms with E-state index in [4.69, 9.17) is 4.89 Å². The summed E-state index contributed by atoms with van der Waals surface area (Å²) >= 11 is 0. The Morgan fingerprint density at radius 2 is 1.63 bits per heavy atom. The van der Waals surface area contributed by atoms with Crippen molar-refractivity contribution in [2.45, 2.75) is 50.8 Å². The summed E-state index contributed by atoms with van der Waals surface area (Å²) in [5.41, 5.74) is 0. The highest BCUT2D eigenvalue weighted by atomic mass is 31.2. The minimum atomic E-state index is -5.99. The van der Waals surface area contributed by atoms with E-state index < -0.39 is 26.0 Å². The van der Waals surface area contributed by atoms with Crippen molar-refractivity contribution >= 4 is 7.60 Å². The predicted octanol–water partition coefficient (Wildman–Crippen LogP) is 4.31. The lowest BCUT2D eigenvalue weighted by atomic mass is 9.88. The van der Waals surface area contributed by atoms with Crippen molar-refractivity contribution < 1.29 is 35.9 Å². The van der Waals surface area contributed by atoms with Crippen LogP contribution < -0.4 is 0 Å². The van der Waals surface area contributed by atoms with Gasteiger partial charge in [0.2, 0.25) is 0 Å². The zero-order valence-corrected chi connectivity index (χ0v) is 11.0. The zero-order chi connectivity index (χ0) is 14.7. The standard InChI is InChI=1S/C10H16F5O3P/c11-9(12,13)10(14,15)18-19(16,17)7-6-8-4-2-1-3-5-8/h8H,1-7H2,(H,16,17). The van der Waals surface area contributed by atoms with Gasteiger partial charge >= 0.3 is 19.9 Å². The molecule has 19 heavy (non-hydrogen) atoms. The van der Waals surface area contributed by atoms with Crippen LogP contribution in [0.3, 0.4) is 0 Å². The first kappa shape index (κ1) is 16.9. The summed E-state index contributed by atoms with van der Waals surface area (Å²) in [6, 6.07) is 0. The first-order valence-corrected chi connectivity index (χ1v) is 7.77. The summed E-state index contributed by atoms with van der Waals surface area (Å²) < 4.78 is 75.0. The maximum Gasteiger partial charge on any atom is 0.483 e. The molecule has 9 heteroatoms. The highest BCUT2D eigenvalue weighted by Gasteiger charge is 2.62. The van der Waals surface area contributed by atoms with Crippen LogP contribution in [0.2, 0.25) is 0 Å². The van der Waals surface area contributed by atoms with Crippen LogP contribution in [-0.4, -0.2) is 23.3 Å². The van der Waals surface area contributed by atoms with Crippen molar-refractivity contribution in [3.05, 3.63) is 0 Å². The molecule has 0 radical (unpaired) electrons. The van der Waals surface area contributed by atoms with Gasteiger partial charge in [-0.25, -0.2) is 4.52 Å². The van der Waals surface area contributed by atoms with Crippen molar-refractivity contribution in [1.82, 2.24) is 0 Å². The fraction of sp³-hybridized carbons (Fsp3) is 1.00. The van der Waals surface area contributed by atoms with Gasteiger partial charge < -0.3 is 4.89 Å². The first-order chi connectivity index (χ1) is 8.54. The van der Waals surface area contributed by atoms with Gasteiger partial charge in [-0.1, -0.05) is 32.1 Å². The SMILES string of the molecule is O=P(O)(CCC1CCCCC1)OC(F)(F)C(F)(F)F. The van der Waals surface area contributed by atoms with Crippen molar-refractivity contribution in [3.63, 3.8) is 0 Å². The molecule has 1 fully saturated rings. The number of hydrogen-bond donors (Lipinski definition) is 1. The summed E-state index contributed by atoms with van der Waals surface area (Å²) in [5.74, 6) is 0.0948. The van der Waals surface area contributed by atoms with Crippen molar-refractivity contribution in [2.24, 2.45) is 5.92 Å². The van der Waals surface area contributed by atoms with E-state index in [9.17, 15) is 26.5 Å². The molecule has 0 aliphatic heterocycles. The highest BCUT2D eigenvalue weighted by molar-refractivity contribution is 7.52. The van der Waals surface area contributed by atoms with E-state index in [-0.39, 0.29) is 12.3 Å². The normalized spacial score (nSPS) is 22.2. The molecule has 1 aliphatic carbocycles. The Bertz CT molecular complexity index is 339. The molecular weight excluding hydrogens is 294 g/mol.